The van der Waals surface area contributed by atoms with E-state index in [0.717, 1.165) is 31.2 Å². The van der Waals surface area contributed by atoms with Crippen molar-refractivity contribution in [2.45, 2.75) is 50.7 Å². The van der Waals surface area contributed by atoms with Crippen LogP contribution in [-0.2, 0) is 6.42 Å². The molecule has 1 aliphatic carbocycles. The smallest absolute Gasteiger partial charge is 0.0842 e. The van der Waals surface area contributed by atoms with Gasteiger partial charge in [-0.3, -0.25) is 0 Å². The van der Waals surface area contributed by atoms with Crippen LogP contribution in [0.4, 0.5) is 0 Å². The minimum Gasteiger partial charge on any atom is -0.390 e. The van der Waals surface area contributed by atoms with Crippen LogP contribution in [0.5, 0.6) is 0 Å². The summed E-state index contributed by atoms with van der Waals surface area (Å²) in [5.41, 5.74) is 0.788. The predicted molar refractivity (Wildman–Crippen MR) is 78.8 cm³/mol. The highest BCUT2D eigenvalue weighted by atomic mass is 35.5. The molecule has 4 heteroatoms. The lowest BCUT2D eigenvalue weighted by Crippen LogP contribution is -2.36. The summed E-state index contributed by atoms with van der Waals surface area (Å²) in [4.78, 5) is 0. The molecule has 2 nitrogen and oxygen atoms in total. The summed E-state index contributed by atoms with van der Waals surface area (Å²) in [6.07, 6.45) is 4.42. The molecule has 0 spiro atoms. The van der Waals surface area contributed by atoms with E-state index in [1.807, 2.05) is 0 Å². The van der Waals surface area contributed by atoms with Gasteiger partial charge >= 0.3 is 0 Å². The molecular formula is C15H20Cl2O2. The molecule has 19 heavy (non-hydrogen) atoms. The third-order valence-corrected chi connectivity index (χ3v) is 4.57. The van der Waals surface area contributed by atoms with Gasteiger partial charge in [-0.25, -0.2) is 0 Å². The SMILES string of the molecule is OC(Cc1cc(Cl)ccc1Cl)C(O)C1CCCCC1. The molecule has 0 aliphatic heterocycles. The van der Waals surface area contributed by atoms with Gasteiger partial charge in [-0.15, -0.1) is 0 Å². The van der Waals surface area contributed by atoms with Gasteiger partial charge < -0.3 is 10.2 Å². The van der Waals surface area contributed by atoms with E-state index in [4.69, 9.17) is 23.2 Å². The minimum atomic E-state index is -0.779. The number of halogens is 2. The van der Waals surface area contributed by atoms with E-state index in [9.17, 15) is 10.2 Å². The highest BCUT2D eigenvalue weighted by Crippen LogP contribution is 2.29. The number of aliphatic hydroxyl groups is 2. The van der Waals surface area contributed by atoms with Crippen LogP contribution >= 0.6 is 23.2 Å². The Balaban J connectivity index is 1.99. The minimum absolute atomic E-state index is 0.210. The van der Waals surface area contributed by atoms with Gasteiger partial charge in [0.05, 0.1) is 12.2 Å². The van der Waals surface area contributed by atoms with Gasteiger partial charge in [0.1, 0.15) is 0 Å². The third kappa shape index (κ3) is 4.09. The second-order valence-corrected chi connectivity index (χ2v) is 6.24. The van der Waals surface area contributed by atoms with Crippen LogP contribution in [-0.4, -0.2) is 22.4 Å². The molecule has 1 aromatic carbocycles. The van der Waals surface area contributed by atoms with E-state index >= 15 is 0 Å². The standard InChI is InChI=1S/C15H20Cl2O2/c16-12-6-7-13(17)11(8-12)9-14(18)15(19)10-4-2-1-3-5-10/h6-8,10,14-15,18-19H,1-5,9H2. The van der Waals surface area contributed by atoms with Gasteiger partial charge in [0, 0.05) is 16.5 Å². The van der Waals surface area contributed by atoms with Crippen LogP contribution in [0.15, 0.2) is 18.2 Å². The molecule has 0 aromatic heterocycles. The van der Waals surface area contributed by atoms with Crippen molar-refractivity contribution in [2.75, 3.05) is 0 Å². The molecule has 0 amide bonds. The van der Waals surface area contributed by atoms with Crippen molar-refractivity contribution in [3.8, 4) is 0 Å². The molecule has 1 aromatic rings. The monoisotopic (exact) mass is 302 g/mol. The molecule has 1 fully saturated rings. The lowest BCUT2D eigenvalue weighted by Gasteiger charge is -2.30. The van der Waals surface area contributed by atoms with Crippen molar-refractivity contribution in [3.05, 3.63) is 33.8 Å². The van der Waals surface area contributed by atoms with E-state index in [1.165, 1.54) is 6.42 Å². The van der Waals surface area contributed by atoms with Gasteiger partial charge in [-0.2, -0.15) is 0 Å². The quantitative estimate of drug-likeness (QED) is 0.887. The molecule has 2 unspecified atom stereocenters. The van der Waals surface area contributed by atoms with E-state index in [1.54, 1.807) is 18.2 Å². The molecular weight excluding hydrogens is 283 g/mol. The Morgan fingerprint density at radius 1 is 1.11 bits per heavy atom. The van der Waals surface area contributed by atoms with Gasteiger partial charge in [-0.05, 0) is 42.5 Å². The van der Waals surface area contributed by atoms with Crippen LogP contribution < -0.4 is 0 Å². The van der Waals surface area contributed by atoms with Gasteiger partial charge in [-0.1, -0.05) is 42.5 Å². The average molecular weight is 303 g/mol. The van der Waals surface area contributed by atoms with Crippen molar-refractivity contribution in [1.29, 1.82) is 0 Å². The van der Waals surface area contributed by atoms with Crippen molar-refractivity contribution in [3.63, 3.8) is 0 Å². The zero-order chi connectivity index (χ0) is 13.8. The Labute approximate surface area is 124 Å². The van der Waals surface area contributed by atoms with E-state index in [2.05, 4.69) is 0 Å². The maximum atomic E-state index is 10.2. The number of hydrogen-bond donors (Lipinski definition) is 2. The van der Waals surface area contributed by atoms with E-state index in [-0.39, 0.29) is 5.92 Å². The summed E-state index contributed by atoms with van der Waals surface area (Å²) < 4.78 is 0. The molecule has 1 aliphatic rings. The van der Waals surface area contributed by atoms with Crippen LogP contribution in [0.2, 0.25) is 10.0 Å². The summed E-state index contributed by atoms with van der Waals surface area (Å²) >= 11 is 12.0. The fourth-order valence-corrected chi connectivity index (χ4v) is 3.23. The molecule has 0 bridgehead atoms. The highest BCUT2D eigenvalue weighted by Gasteiger charge is 2.28. The van der Waals surface area contributed by atoms with Crippen molar-refractivity contribution in [2.24, 2.45) is 5.92 Å². The molecule has 0 heterocycles. The Hall–Kier alpha value is -0.280. The Kier molecular flexibility index (Phi) is 5.52. The largest absolute Gasteiger partial charge is 0.390 e. The second kappa shape index (κ2) is 6.94. The maximum Gasteiger partial charge on any atom is 0.0842 e. The second-order valence-electron chi connectivity index (χ2n) is 5.40. The maximum absolute atomic E-state index is 10.2. The molecule has 0 saturated heterocycles. The lowest BCUT2D eigenvalue weighted by atomic mass is 9.82. The Morgan fingerprint density at radius 3 is 2.47 bits per heavy atom. The van der Waals surface area contributed by atoms with Gasteiger partial charge in [0.15, 0.2) is 0 Å². The molecule has 2 atom stereocenters. The Bertz CT molecular complexity index is 417. The lowest BCUT2D eigenvalue weighted by molar-refractivity contribution is -0.0263. The summed E-state index contributed by atoms with van der Waals surface area (Å²) in [7, 11) is 0. The first-order valence-electron chi connectivity index (χ1n) is 6.88. The Morgan fingerprint density at radius 2 is 1.79 bits per heavy atom. The molecule has 0 radical (unpaired) electrons. The van der Waals surface area contributed by atoms with Crippen LogP contribution in [0.1, 0.15) is 37.7 Å². The first kappa shape index (κ1) is 15.1. The number of aliphatic hydroxyl groups excluding tert-OH is 2. The number of rotatable bonds is 4. The molecule has 2 N–H and O–H groups in total. The normalized spacial score (nSPS) is 20.2. The fourth-order valence-electron chi connectivity index (χ4n) is 2.84. The molecule has 2 rings (SSSR count). The third-order valence-electron chi connectivity index (χ3n) is 3.96. The highest BCUT2D eigenvalue weighted by molar-refractivity contribution is 6.33. The van der Waals surface area contributed by atoms with E-state index < -0.39 is 12.2 Å². The molecule has 106 valence electrons. The van der Waals surface area contributed by atoms with Gasteiger partial charge in [0.25, 0.3) is 0 Å². The first-order valence-corrected chi connectivity index (χ1v) is 7.63. The first-order chi connectivity index (χ1) is 9.08. The summed E-state index contributed by atoms with van der Waals surface area (Å²) in [5, 5.41) is 21.6. The van der Waals surface area contributed by atoms with E-state index in [0.29, 0.717) is 16.5 Å². The number of benzene rings is 1. The topological polar surface area (TPSA) is 40.5 Å². The van der Waals surface area contributed by atoms with Crippen LogP contribution in [0.3, 0.4) is 0 Å². The predicted octanol–water partition coefficient (Wildman–Crippen LogP) is 3.84. The van der Waals surface area contributed by atoms with Crippen molar-refractivity contribution in [1.82, 2.24) is 0 Å². The van der Waals surface area contributed by atoms with Crippen molar-refractivity contribution >= 4 is 23.2 Å². The summed E-state index contributed by atoms with van der Waals surface area (Å²) in [6, 6.07) is 5.19. The van der Waals surface area contributed by atoms with Crippen LogP contribution in [0, 0.1) is 5.92 Å². The fraction of sp³-hybridized carbons (Fsp3) is 0.600. The van der Waals surface area contributed by atoms with Gasteiger partial charge in [0.2, 0.25) is 0 Å². The van der Waals surface area contributed by atoms with Crippen LogP contribution in [0.25, 0.3) is 0 Å². The molecule has 1 saturated carbocycles. The van der Waals surface area contributed by atoms with Crippen molar-refractivity contribution < 1.29 is 10.2 Å². The average Bonchev–Trinajstić information content (AvgIpc) is 2.43. The number of hydrogen-bond acceptors (Lipinski definition) is 2. The summed E-state index contributed by atoms with van der Waals surface area (Å²) in [5.74, 6) is 0.210. The zero-order valence-electron chi connectivity index (χ0n) is 10.9. The zero-order valence-corrected chi connectivity index (χ0v) is 12.4. The summed E-state index contributed by atoms with van der Waals surface area (Å²) in [6.45, 7) is 0.